The van der Waals surface area contributed by atoms with Crippen molar-refractivity contribution in [3.63, 3.8) is 0 Å². The van der Waals surface area contributed by atoms with Gasteiger partial charge in [-0.05, 0) is 108 Å². The third-order valence-electron chi connectivity index (χ3n) is 9.57. The van der Waals surface area contributed by atoms with Crippen LogP contribution in [0.2, 0.25) is 0 Å². The van der Waals surface area contributed by atoms with Gasteiger partial charge in [0.15, 0.2) is 0 Å². The Morgan fingerprint density at radius 3 is 2.08 bits per heavy atom. The summed E-state index contributed by atoms with van der Waals surface area (Å²) in [5, 5.41) is 11.7. The molecule has 0 spiro atoms. The Labute approximate surface area is 295 Å². The molecule has 0 heterocycles. The molecule has 0 aromatic heterocycles. The minimum absolute atomic E-state index is 0.0155. The molecule has 5 nitrogen and oxygen atoms in total. The lowest BCUT2D eigenvalue weighted by atomic mass is 9.74. The van der Waals surface area contributed by atoms with Gasteiger partial charge in [-0.15, -0.1) is 0 Å². The molecule has 0 radical (unpaired) electrons. The summed E-state index contributed by atoms with van der Waals surface area (Å²) in [4.78, 5) is 24.2. The minimum Gasteiger partial charge on any atom is -0.462 e. The molecule has 2 atom stereocenters. The van der Waals surface area contributed by atoms with E-state index < -0.39 is 18.5 Å². The summed E-state index contributed by atoms with van der Waals surface area (Å²) in [6.45, 7) is 13.2. The van der Waals surface area contributed by atoms with Crippen molar-refractivity contribution in [1.82, 2.24) is 0 Å². The number of hydrogen-bond acceptors (Lipinski definition) is 6. The van der Waals surface area contributed by atoms with Crippen LogP contribution >= 0.6 is 20.7 Å². The van der Waals surface area contributed by atoms with Crippen molar-refractivity contribution in [1.29, 1.82) is 0 Å². The maximum Gasteiger partial charge on any atom is 0.335 e. The summed E-state index contributed by atoms with van der Waals surface area (Å²) in [5.41, 5.74) is 7.27. The molecular formula is C41H55O5PS. The van der Waals surface area contributed by atoms with Crippen LogP contribution in [-0.2, 0) is 31.9 Å². The molecule has 1 aliphatic rings. The quantitative estimate of drug-likeness (QED) is 0.0515. The van der Waals surface area contributed by atoms with Gasteiger partial charge in [0.05, 0.1) is 25.4 Å². The van der Waals surface area contributed by atoms with Gasteiger partial charge in [-0.2, -0.15) is 12.2 Å². The smallest absolute Gasteiger partial charge is 0.335 e. The highest BCUT2D eigenvalue weighted by atomic mass is 32.7. The molecule has 7 heteroatoms. The van der Waals surface area contributed by atoms with E-state index in [0.717, 1.165) is 38.5 Å². The average Bonchev–Trinajstić information content (AvgIpc) is 3.12. The van der Waals surface area contributed by atoms with Crippen molar-refractivity contribution < 1.29 is 24.2 Å². The molecule has 260 valence electrons. The molecule has 1 saturated carbocycles. The highest BCUT2D eigenvalue weighted by Gasteiger charge is 2.30. The van der Waals surface area contributed by atoms with E-state index in [1.54, 1.807) is 6.92 Å². The predicted molar refractivity (Wildman–Crippen MR) is 206 cm³/mol. The van der Waals surface area contributed by atoms with E-state index in [2.05, 4.69) is 102 Å². The number of aliphatic hydroxyl groups excluding tert-OH is 1. The maximum absolute atomic E-state index is 12.1. The number of carbonyl (C=O) groups is 2. The monoisotopic (exact) mass is 690 g/mol. The summed E-state index contributed by atoms with van der Waals surface area (Å²) in [7, 11) is 2.11. The number of thiol groups is 1. The maximum atomic E-state index is 12.1. The standard InChI is InChI=1S/C41H52O5.H3PS/c1-6-8-9-11-30-16-17-35(22-33(30)10-7-2)38-21-20-36-23-34(18-19-37(36)24-38)31-12-14-32(15-13-31)39(26-45-40(43)28(3)4)27-46-41(44)29(5)25-42;1-2/h16-24,31-32,39,42H,3,5-15,25-27H2,1-2,4H3;2H,1H2. The zero-order chi connectivity index (χ0) is 35.1. The van der Waals surface area contributed by atoms with E-state index in [0.29, 0.717) is 11.5 Å². The van der Waals surface area contributed by atoms with E-state index in [-0.39, 0.29) is 30.6 Å². The highest BCUT2D eigenvalue weighted by molar-refractivity contribution is 8.31. The van der Waals surface area contributed by atoms with Gasteiger partial charge in [0, 0.05) is 11.5 Å². The normalized spacial score (nSPS) is 16.4. The first kappa shape index (κ1) is 39.5. The van der Waals surface area contributed by atoms with Gasteiger partial charge in [-0.1, -0.05) is 103 Å². The van der Waals surface area contributed by atoms with Gasteiger partial charge in [0.25, 0.3) is 0 Å². The van der Waals surface area contributed by atoms with E-state index in [4.69, 9.17) is 9.47 Å². The molecule has 0 saturated heterocycles. The first-order chi connectivity index (χ1) is 23.2. The second-order valence-electron chi connectivity index (χ2n) is 13.1. The molecule has 0 amide bonds. The van der Waals surface area contributed by atoms with Crippen molar-refractivity contribution >= 4 is 43.4 Å². The number of benzene rings is 3. The SMILES string of the molecule is C=C(C)C(=O)OCC(COC(=O)C(=C)CO)C1CCC(c2ccc3cc(-c4ccc(CCCCC)c(CCC)c4)ccc3c2)CC1.PS. The van der Waals surface area contributed by atoms with Gasteiger partial charge in [0.1, 0.15) is 0 Å². The van der Waals surface area contributed by atoms with Crippen LogP contribution in [0.5, 0.6) is 0 Å². The summed E-state index contributed by atoms with van der Waals surface area (Å²) >= 11 is 3.44. The molecule has 0 aliphatic heterocycles. The molecule has 4 rings (SSSR count). The fourth-order valence-electron chi connectivity index (χ4n) is 6.71. The highest BCUT2D eigenvalue weighted by Crippen LogP contribution is 2.40. The Morgan fingerprint density at radius 1 is 0.812 bits per heavy atom. The van der Waals surface area contributed by atoms with Crippen molar-refractivity contribution in [2.24, 2.45) is 11.8 Å². The number of carbonyl (C=O) groups excluding carboxylic acids is 2. The fraction of sp³-hybridized carbons (Fsp3) is 0.463. The topological polar surface area (TPSA) is 72.8 Å². The van der Waals surface area contributed by atoms with E-state index in [9.17, 15) is 14.7 Å². The number of fused-ring (bicyclic) bond motifs is 1. The first-order valence-electron chi connectivity index (χ1n) is 17.4. The van der Waals surface area contributed by atoms with E-state index >= 15 is 0 Å². The molecule has 3 aromatic carbocycles. The predicted octanol–water partition coefficient (Wildman–Crippen LogP) is 10.00. The van der Waals surface area contributed by atoms with Crippen molar-refractivity contribution in [3.8, 4) is 11.1 Å². The lowest BCUT2D eigenvalue weighted by Crippen LogP contribution is -2.30. The summed E-state index contributed by atoms with van der Waals surface area (Å²) in [6.07, 6.45) is 11.2. The summed E-state index contributed by atoms with van der Waals surface area (Å²) < 4.78 is 10.9. The average molecular weight is 691 g/mol. The Bertz CT molecular complexity index is 1520. The van der Waals surface area contributed by atoms with Crippen LogP contribution < -0.4 is 0 Å². The first-order valence-corrected chi connectivity index (χ1v) is 19.5. The molecule has 2 unspecified atom stereocenters. The largest absolute Gasteiger partial charge is 0.462 e. The number of esters is 2. The van der Waals surface area contributed by atoms with Gasteiger partial charge < -0.3 is 14.6 Å². The van der Waals surface area contributed by atoms with Crippen LogP contribution in [0.25, 0.3) is 21.9 Å². The molecule has 0 bridgehead atoms. The third kappa shape index (κ3) is 11.3. The molecule has 3 aromatic rings. The number of aliphatic hydroxyl groups is 1. The molecule has 1 N–H and O–H groups in total. The van der Waals surface area contributed by atoms with E-state index in [1.165, 1.54) is 64.3 Å². The minimum atomic E-state index is -0.618. The van der Waals surface area contributed by atoms with Gasteiger partial charge >= 0.3 is 11.9 Å². The van der Waals surface area contributed by atoms with Crippen molar-refractivity contribution in [2.75, 3.05) is 19.8 Å². The molecule has 48 heavy (non-hydrogen) atoms. The van der Waals surface area contributed by atoms with Gasteiger partial charge in [-0.25, -0.2) is 9.59 Å². The Hall–Kier alpha value is -2.92. The number of aryl methyl sites for hydroxylation is 2. The van der Waals surface area contributed by atoms with Crippen LogP contribution in [0.1, 0.15) is 94.7 Å². The van der Waals surface area contributed by atoms with Crippen molar-refractivity contribution in [3.05, 3.63) is 95.6 Å². The number of unbranched alkanes of at least 4 members (excludes halogenated alkanes) is 2. The fourth-order valence-corrected chi connectivity index (χ4v) is 6.71. The Morgan fingerprint density at radius 2 is 1.44 bits per heavy atom. The molecular weight excluding hydrogens is 635 g/mol. The van der Waals surface area contributed by atoms with Crippen LogP contribution in [0, 0.1) is 11.8 Å². The van der Waals surface area contributed by atoms with Gasteiger partial charge in [-0.3, -0.25) is 0 Å². The third-order valence-corrected chi connectivity index (χ3v) is 9.57. The van der Waals surface area contributed by atoms with Crippen LogP contribution in [0.15, 0.2) is 78.9 Å². The Kier molecular flexibility index (Phi) is 16.9. The zero-order valence-corrected chi connectivity index (χ0v) is 31.2. The van der Waals surface area contributed by atoms with Crippen LogP contribution in [0.4, 0.5) is 0 Å². The number of rotatable bonds is 16. The van der Waals surface area contributed by atoms with Crippen molar-refractivity contribution in [2.45, 2.75) is 90.9 Å². The number of ether oxygens (including phenoxy) is 2. The summed E-state index contributed by atoms with van der Waals surface area (Å²) in [6, 6.07) is 20.8. The second kappa shape index (κ2) is 20.6. The van der Waals surface area contributed by atoms with Crippen LogP contribution in [-0.4, -0.2) is 36.9 Å². The van der Waals surface area contributed by atoms with E-state index in [1.807, 2.05) is 0 Å². The lowest BCUT2D eigenvalue weighted by molar-refractivity contribution is -0.146. The second-order valence-corrected chi connectivity index (χ2v) is 13.1. The number of hydrogen-bond donors (Lipinski definition) is 2. The van der Waals surface area contributed by atoms with Crippen LogP contribution in [0.3, 0.4) is 0 Å². The Balaban J connectivity index is 0.00000307. The lowest BCUT2D eigenvalue weighted by Gasteiger charge is -2.33. The molecule has 1 aliphatic carbocycles. The zero-order valence-electron chi connectivity index (χ0n) is 29.1. The van der Waals surface area contributed by atoms with Gasteiger partial charge in [0.2, 0.25) is 0 Å². The summed E-state index contributed by atoms with van der Waals surface area (Å²) in [5.74, 6) is -0.481. The molecule has 1 fully saturated rings.